The fraction of sp³-hybridized carbons (Fsp3) is 0.524. The Bertz CT molecular complexity index is 816. The molecule has 2 atom stereocenters. The fourth-order valence-electron chi connectivity index (χ4n) is 4.64. The molecule has 2 saturated heterocycles. The number of piperidine rings is 2. The van der Waals surface area contributed by atoms with Crippen LogP contribution < -0.4 is 5.32 Å². The van der Waals surface area contributed by atoms with Gasteiger partial charge in [-0.2, -0.15) is 5.10 Å². The van der Waals surface area contributed by atoms with E-state index in [2.05, 4.69) is 15.3 Å². The molecule has 0 bridgehead atoms. The normalized spacial score (nSPS) is 23.0. The summed E-state index contributed by atoms with van der Waals surface area (Å²) in [6, 6.07) is 6.86. The minimum Gasteiger partial charge on any atom is -0.352 e. The third-order valence-corrected chi connectivity index (χ3v) is 6.06. The Kier molecular flexibility index (Phi) is 5.25. The number of fused-ring (bicyclic) bond motifs is 1. The van der Waals surface area contributed by atoms with E-state index in [1.165, 1.54) is 57.3 Å². The number of amides is 1. The number of nitrogens with zero attached hydrogens (tertiary/aromatic N) is 3. The Morgan fingerprint density at radius 1 is 1.26 bits per heavy atom. The number of hydrogen-bond donors (Lipinski definition) is 1. The molecule has 0 unspecified atom stereocenters. The molecule has 3 heterocycles. The van der Waals surface area contributed by atoms with E-state index in [-0.39, 0.29) is 11.7 Å². The van der Waals surface area contributed by atoms with E-state index in [0.717, 1.165) is 5.69 Å². The maximum Gasteiger partial charge on any atom is 0.254 e. The van der Waals surface area contributed by atoms with Crippen molar-refractivity contribution >= 4 is 5.91 Å². The molecule has 144 valence electrons. The van der Waals surface area contributed by atoms with E-state index < -0.39 is 0 Å². The molecule has 2 fully saturated rings. The number of benzene rings is 1. The molecule has 1 aromatic heterocycles. The number of rotatable bonds is 4. The second kappa shape index (κ2) is 7.80. The van der Waals surface area contributed by atoms with E-state index in [1.54, 1.807) is 23.0 Å². The average molecular weight is 370 g/mol. The highest BCUT2D eigenvalue weighted by molar-refractivity contribution is 5.95. The molecule has 4 rings (SSSR count). The van der Waals surface area contributed by atoms with Crippen molar-refractivity contribution in [2.24, 2.45) is 5.92 Å². The van der Waals surface area contributed by atoms with Crippen molar-refractivity contribution in [3.05, 3.63) is 47.5 Å². The van der Waals surface area contributed by atoms with E-state index >= 15 is 0 Å². The van der Waals surface area contributed by atoms with E-state index in [9.17, 15) is 9.18 Å². The third kappa shape index (κ3) is 3.76. The second-order valence-electron chi connectivity index (χ2n) is 7.75. The van der Waals surface area contributed by atoms with Crippen LogP contribution in [-0.4, -0.2) is 46.3 Å². The van der Waals surface area contributed by atoms with Gasteiger partial charge in [0.2, 0.25) is 0 Å². The first-order valence-corrected chi connectivity index (χ1v) is 9.96. The van der Waals surface area contributed by atoms with Crippen molar-refractivity contribution in [1.29, 1.82) is 0 Å². The first-order chi connectivity index (χ1) is 13.1. The molecule has 0 spiro atoms. The van der Waals surface area contributed by atoms with Crippen molar-refractivity contribution in [2.45, 2.75) is 45.1 Å². The van der Waals surface area contributed by atoms with Crippen molar-refractivity contribution in [1.82, 2.24) is 20.0 Å². The highest BCUT2D eigenvalue weighted by Gasteiger charge is 2.33. The lowest BCUT2D eigenvalue weighted by Crippen LogP contribution is -2.51. The summed E-state index contributed by atoms with van der Waals surface area (Å²) in [7, 11) is 0. The fourth-order valence-corrected chi connectivity index (χ4v) is 4.64. The third-order valence-electron chi connectivity index (χ3n) is 6.06. The SMILES string of the molecule is Cc1c(C(=O)NC[C@H]2CCCN3CCCC[C@H]23)cnn1-c1cccc(F)c1. The van der Waals surface area contributed by atoms with Crippen LogP contribution in [0.15, 0.2) is 30.5 Å². The van der Waals surface area contributed by atoms with Crippen LogP contribution in [0, 0.1) is 18.7 Å². The predicted molar refractivity (Wildman–Crippen MR) is 103 cm³/mol. The smallest absolute Gasteiger partial charge is 0.254 e. The summed E-state index contributed by atoms with van der Waals surface area (Å²) in [5.74, 6) is 0.118. The Morgan fingerprint density at radius 3 is 2.96 bits per heavy atom. The van der Waals surface area contributed by atoms with Crippen molar-refractivity contribution < 1.29 is 9.18 Å². The van der Waals surface area contributed by atoms with Gasteiger partial charge in [0.1, 0.15) is 5.82 Å². The summed E-state index contributed by atoms with van der Waals surface area (Å²) in [4.78, 5) is 15.3. The number of hydrogen-bond acceptors (Lipinski definition) is 3. The Morgan fingerprint density at radius 2 is 2.11 bits per heavy atom. The van der Waals surface area contributed by atoms with Gasteiger partial charge in [-0.15, -0.1) is 0 Å². The van der Waals surface area contributed by atoms with Crippen LogP contribution >= 0.6 is 0 Å². The zero-order chi connectivity index (χ0) is 18.8. The molecule has 2 aliphatic heterocycles. The van der Waals surface area contributed by atoms with Crippen molar-refractivity contribution in [2.75, 3.05) is 19.6 Å². The van der Waals surface area contributed by atoms with Crippen LogP contribution in [0.2, 0.25) is 0 Å². The molecule has 6 heteroatoms. The summed E-state index contributed by atoms with van der Waals surface area (Å²) < 4.78 is 15.1. The van der Waals surface area contributed by atoms with Gasteiger partial charge in [0.05, 0.1) is 23.1 Å². The summed E-state index contributed by atoms with van der Waals surface area (Å²) in [5.41, 5.74) is 1.90. The molecular formula is C21H27FN4O. The van der Waals surface area contributed by atoms with E-state index in [1.807, 2.05) is 6.92 Å². The highest BCUT2D eigenvalue weighted by Crippen LogP contribution is 2.30. The number of carbonyl (C=O) groups is 1. The Hall–Kier alpha value is -2.21. The molecule has 2 aromatic rings. The first-order valence-electron chi connectivity index (χ1n) is 9.96. The van der Waals surface area contributed by atoms with Crippen LogP contribution in [-0.2, 0) is 0 Å². The molecular weight excluding hydrogens is 343 g/mol. The molecule has 0 aliphatic carbocycles. The highest BCUT2D eigenvalue weighted by atomic mass is 19.1. The number of aromatic nitrogens is 2. The van der Waals surface area contributed by atoms with Gasteiger partial charge in [-0.25, -0.2) is 9.07 Å². The van der Waals surface area contributed by atoms with Gasteiger partial charge in [-0.05, 0) is 69.8 Å². The zero-order valence-electron chi connectivity index (χ0n) is 15.8. The van der Waals surface area contributed by atoms with Crippen LogP contribution in [0.5, 0.6) is 0 Å². The minimum absolute atomic E-state index is 0.0944. The van der Waals surface area contributed by atoms with Gasteiger partial charge < -0.3 is 10.2 Å². The molecule has 27 heavy (non-hydrogen) atoms. The average Bonchev–Trinajstić information content (AvgIpc) is 3.07. The number of carbonyl (C=O) groups excluding carboxylic acids is 1. The Labute approximate surface area is 159 Å². The lowest BCUT2D eigenvalue weighted by molar-refractivity contribution is 0.0575. The van der Waals surface area contributed by atoms with Crippen LogP contribution in [0.4, 0.5) is 4.39 Å². The predicted octanol–water partition coefficient (Wildman–Crippen LogP) is 3.31. The zero-order valence-corrected chi connectivity index (χ0v) is 15.8. The van der Waals surface area contributed by atoms with Gasteiger partial charge in [0.25, 0.3) is 5.91 Å². The molecule has 0 radical (unpaired) electrons. The number of nitrogens with one attached hydrogen (secondary N) is 1. The minimum atomic E-state index is -0.317. The lowest BCUT2D eigenvalue weighted by Gasteiger charge is -2.44. The summed E-state index contributed by atoms with van der Waals surface area (Å²) in [6.45, 7) is 4.96. The topological polar surface area (TPSA) is 50.2 Å². The van der Waals surface area contributed by atoms with Gasteiger partial charge in [0.15, 0.2) is 0 Å². The lowest BCUT2D eigenvalue weighted by atomic mass is 9.83. The van der Waals surface area contributed by atoms with Crippen LogP contribution in [0.1, 0.15) is 48.2 Å². The number of halogens is 1. The molecule has 2 aliphatic rings. The van der Waals surface area contributed by atoms with Crippen molar-refractivity contribution in [3.63, 3.8) is 0 Å². The largest absolute Gasteiger partial charge is 0.352 e. The summed E-state index contributed by atoms with van der Waals surface area (Å²) in [5, 5.41) is 7.42. The van der Waals surface area contributed by atoms with Gasteiger partial charge in [-0.3, -0.25) is 4.79 Å². The molecule has 1 N–H and O–H groups in total. The molecule has 5 nitrogen and oxygen atoms in total. The first kappa shape index (κ1) is 18.2. The standard InChI is InChI=1S/C21H27FN4O/c1-15-19(14-24-26(15)18-8-4-7-17(22)12-18)21(27)23-13-16-6-5-11-25-10-3-2-9-20(16)25/h4,7-8,12,14,16,20H,2-3,5-6,9-11,13H2,1H3,(H,23,27)/t16-,20-/m1/s1. The second-order valence-corrected chi connectivity index (χ2v) is 7.75. The van der Waals surface area contributed by atoms with Gasteiger partial charge >= 0.3 is 0 Å². The molecule has 0 saturated carbocycles. The monoisotopic (exact) mass is 370 g/mol. The molecule has 1 amide bonds. The van der Waals surface area contributed by atoms with Gasteiger partial charge in [-0.1, -0.05) is 12.5 Å². The molecule has 1 aromatic carbocycles. The Balaban J connectivity index is 1.43. The van der Waals surface area contributed by atoms with E-state index in [0.29, 0.717) is 29.8 Å². The maximum absolute atomic E-state index is 13.5. The summed E-state index contributed by atoms with van der Waals surface area (Å²) >= 11 is 0. The van der Waals surface area contributed by atoms with Crippen LogP contribution in [0.3, 0.4) is 0 Å². The van der Waals surface area contributed by atoms with Crippen molar-refractivity contribution in [3.8, 4) is 5.69 Å². The van der Waals surface area contributed by atoms with E-state index in [4.69, 9.17) is 0 Å². The summed E-state index contributed by atoms with van der Waals surface area (Å²) in [6.07, 6.45) is 7.82. The van der Waals surface area contributed by atoms with Gasteiger partial charge in [0, 0.05) is 12.6 Å². The maximum atomic E-state index is 13.5. The van der Waals surface area contributed by atoms with Crippen LogP contribution in [0.25, 0.3) is 5.69 Å². The quantitative estimate of drug-likeness (QED) is 0.898.